The first kappa shape index (κ1) is 20.3. The van der Waals surface area contributed by atoms with Gasteiger partial charge in [-0.05, 0) is 70.0 Å². The van der Waals surface area contributed by atoms with Gasteiger partial charge in [0.15, 0.2) is 5.75 Å². The summed E-state index contributed by atoms with van der Waals surface area (Å²) >= 11 is 12.9. The number of hydrogen-bond donors (Lipinski definition) is 0. The predicted octanol–water partition coefficient (Wildman–Crippen LogP) is 5.90. The van der Waals surface area contributed by atoms with Crippen molar-refractivity contribution >= 4 is 71.7 Å². The summed E-state index contributed by atoms with van der Waals surface area (Å²) in [6.07, 6.45) is -0.862. The zero-order chi connectivity index (χ0) is 19.8. The minimum absolute atomic E-state index is 0.218. The number of carbonyl (C=O) groups excluding carboxylic acids is 1. The summed E-state index contributed by atoms with van der Waals surface area (Å²) in [6, 6.07) is 6.93. The molecule has 0 bridgehead atoms. The van der Waals surface area contributed by atoms with E-state index >= 15 is 0 Å². The summed E-state index contributed by atoms with van der Waals surface area (Å²) < 4.78 is 17.1. The van der Waals surface area contributed by atoms with Crippen molar-refractivity contribution in [3.63, 3.8) is 0 Å². The Morgan fingerprint density at radius 3 is 2.52 bits per heavy atom. The van der Waals surface area contributed by atoms with Gasteiger partial charge in [0.1, 0.15) is 16.6 Å². The predicted molar refractivity (Wildman–Crippen MR) is 111 cm³/mol. The molecule has 0 aliphatic carbocycles. The highest BCUT2D eigenvalue weighted by Crippen LogP contribution is 2.38. The maximum Gasteiger partial charge on any atom is 0.514 e. The third-order valence-electron chi connectivity index (χ3n) is 3.57. The van der Waals surface area contributed by atoms with E-state index in [1.165, 1.54) is 7.11 Å². The number of rotatable bonds is 4. The zero-order valence-corrected chi connectivity index (χ0v) is 18.6. The highest BCUT2D eigenvalue weighted by Gasteiger charge is 2.26. The maximum absolute atomic E-state index is 12.3. The molecule has 0 saturated carbocycles. The summed E-state index contributed by atoms with van der Waals surface area (Å²) in [5, 5.41) is 0.560. The lowest BCUT2D eigenvalue weighted by Gasteiger charge is -2.23. The molecule has 27 heavy (non-hydrogen) atoms. The Morgan fingerprint density at radius 1 is 1.11 bits per heavy atom. The van der Waals surface area contributed by atoms with Gasteiger partial charge in [0.2, 0.25) is 0 Å². The molecule has 0 atom stereocenters. The fraction of sp³-hybridized carbons (Fsp3) is 0.278. The van der Waals surface area contributed by atoms with Gasteiger partial charge in [-0.2, -0.15) is 0 Å². The second-order valence-corrected chi connectivity index (χ2v) is 8.52. The second-order valence-electron chi connectivity index (χ2n) is 6.37. The standard InChI is InChI=1S/C18H15Br2ClN2O4/c1-18(2,8-25-3)27-17(24)26-16-11(20)7-10(19)14-15(16)22-12-5-4-9(21)6-13(12)23-14/h4-7H,8H2,1-3H3. The van der Waals surface area contributed by atoms with Crippen molar-refractivity contribution in [3.05, 3.63) is 38.2 Å². The Kier molecular flexibility index (Phi) is 5.90. The number of hydrogen-bond acceptors (Lipinski definition) is 6. The summed E-state index contributed by atoms with van der Waals surface area (Å²) in [6.45, 7) is 3.68. The molecule has 142 valence electrons. The molecule has 3 rings (SSSR count). The van der Waals surface area contributed by atoms with Crippen molar-refractivity contribution in [2.24, 2.45) is 0 Å². The molecule has 0 fully saturated rings. The molecule has 0 amide bonds. The number of methoxy groups -OCH3 is 1. The van der Waals surface area contributed by atoms with E-state index in [-0.39, 0.29) is 12.4 Å². The smallest absolute Gasteiger partial charge is 0.425 e. The van der Waals surface area contributed by atoms with E-state index < -0.39 is 11.8 Å². The van der Waals surface area contributed by atoms with Gasteiger partial charge >= 0.3 is 6.16 Å². The van der Waals surface area contributed by atoms with Gasteiger partial charge in [-0.3, -0.25) is 0 Å². The number of nitrogens with zero attached hydrogens (tertiary/aromatic N) is 2. The molecule has 0 saturated heterocycles. The molecule has 9 heteroatoms. The molecule has 2 aromatic carbocycles. The normalized spacial score (nSPS) is 11.8. The molecule has 1 heterocycles. The van der Waals surface area contributed by atoms with E-state index in [9.17, 15) is 4.79 Å². The van der Waals surface area contributed by atoms with Crippen molar-refractivity contribution < 1.29 is 19.0 Å². The highest BCUT2D eigenvalue weighted by molar-refractivity contribution is 9.11. The molecule has 6 nitrogen and oxygen atoms in total. The van der Waals surface area contributed by atoms with Crippen LogP contribution in [0.3, 0.4) is 0 Å². The molecular formula is C18H15Br2ClN2O4. The average molecular weight is 519 g/mol. The summed E-state index contributed by atoms with van der Waals surface area (Å²) in [4.78, 5) is 21.5. The van der Waals surface area contributed by atoms with Crippen molar-refractivity contribution in [1.29, 1.82) is 0 Å². The lowest BCUT2D eigenvalue weighted by atomic mass is 10.1. The molecule has 3 aromatic rings. The molecule has 0 N–H and O–H groups in total. The van der Waals surface area contributed by atoms with Crippen molar-refractivity contribution in [2.75, 3.05) is 13.7 Å². The van der Waals surface area contributed by atoms with Gasteiger partial charge in [0.25, 0.3) is 0 Å². The van der Waals surface area contributed by atoms with Crippen LogP contribution in [0.15, 0.2) is 33.2 Å². The molecule has 0 spiro atoms. The van der Waals surface area contributed by atoms with Crippen LogP contribution < -0.4 is 4.74 Å². The molecule has 0 aliphatic heterocycles. The fourth-order valence-corrected chi connectivity index (χ4v) is 3.99. The average Bonchev–Trinajstić information content (AvgIpc) is 2.56. The Balaban J connectivity index is 2.06. The van der Waals surface area contributed by atoms with Gasteiger partial charge in [-0.25, -0.2) is 14.8 Å². The van der Waals surface area contributed by atoms with E-state index in [0.29, 0.717) is 36.0 Å². The van der Waals surface area contributed by atoms with Gasteiger partial charge in [-0.1, -0.05) is 11.6 Å². The molecule has 0 radical (unpaired) electrons. The van der Waals surface area contributed by atoms with Crippen LogP contribution in [0.4, 0.5) is 4.79 Å². The number of ether oxygens (including phenoxy) is 3. The first-order valence-corrected chi connectivity index (χ1v) is 9.81. The van der Waals surface area contributed by atoms with Crippen molar-refractivity contribution in [2.45, 2.75) is 19.4 Å². The molecule has 0 unspecified atom stereocenters. The van der Waals surface area contributed by atoms with Gasteiger partial charge < -0.3 is 14.2 Å². The zero-order valence-electron chi connectivity index (χ0n) is 14.7. The van der Waals surface area contributed by atoms with E-state index in [1.54, 1.807) is 38.1 Å². The Bertz CT molecular complexity index is 1040. The minimum Gasteiger partial charge on any atom is -0.425 e. The number of halogens is 3. The van der Waals surface area contributed by atoms with Crippen LogP contribution in [-0.2, 0) is 9.47 Å². The van der Waals surface area contributed by atoms with Crippen LogP contribution >= 0.6 is 43.5 Å². The number of benzene rings is 2. The third-order valence-corrected chi connectivity index (χ3v) is 5.00. The van der Waals surface area contributed by atoms with Crippen LogP contribution in [0.5, 0.6) is 5.75 Å². The van der Waals surface area contributed by atoms with Crippen LogP contribution in [0.25, 0.3) is 22.1 Å². The van der Waals surface area contributed by atoms with E-state index in [1.807, 2.05) is 0 Å². The van der Waals surface area contributed by atoms with Crippen LogP contribution in [0.1, 0.15) is 13.8 Å². The van der Waals surface area contributed by atoms with Gasteiger partial charge in [0, 0.05) is 16.6 Å². The summed E-state index contributed by atoms with van der Waals surface area (Å²) in [5.74, 6) is 0.218. The first-order chi connectivity index (χ1) is 12.7. The SMILES string of the molecule is COCC(C)(C)OC(=O)Oc1c(Br)cc(Br)c2nc3cc(Cl)ccc3nc12. The van der Waals surface area contributed by atoms with Crippen LogP contribution in [0.2, 0.25) is 5.02 Å². The van der Waals surface area contributed by atoms with Crippen molar-refractivity contribution in [1.82, 2.24) is 9.97 Å². The quantitative estimate of drug-likeness (QED) is 0.243. The van der Waals surface area contributed by atoms with Gasteiger partial charge in [0.05, 0.1) is 22.1 Å². The largest absolute Gasteiger partial charge is 0.514 e. The Hall–Kier alpha value is -1.48. The molecule has 0 aliphatic rings. The fourth-order valence-electron chi connectivity index (χ4n) is 2.51. The maximum atomic E-state index is 12.3. The summed E-state index contributed by atoms with van der Waals surface area (Å²) in [7, 11) is 1.53. The lowest BCUT2D eigenvalue weighted by Crippen LogP contribution is -2.34. The molecular weight excluding hydrogens is 503 g/mol. The van der Waals surface area contributed by atoms with Crippen LogP contribution in [-0.4, -0.2) is 35.4 Å². The number of fused-ring (bicyclic) bond motifs is 2. The Labute approximate surface area is 177 Å². The van der Waals surface area contributed by atoms with Crippen molar-refractivity contribution in [3.8, 4) is 5.75 Å². The van der Waals surface area contributed by atoms with Crippen LogP contribution in [0, 0.1) is 0 Å². The number of aromatic nitrogens is 2. The highest BCUT2D eigenvalue weighted by atomic mass is 79.9. The minimum atomic E-state index is -0.862. The monoisotopic (exact) mass is 516 g/mol. The Morgan fingerprint density at radius 2 is 1.81 bits per heavy atom. The van der Waals surface area contributed by atoms with E-state index in [0.717, 1.165) is 0 Å². The topological polar surface area (TPSA) is 70.5 Å². The lowest BCUT2D eigenvalue weighted by molar-refractivity contribution is -0.0360. The first-order valence-electron chi connectivity index (χ1n) is 7.85. The van der Waals surface area contributed by atoms with Gasteiger partial charge in [-0.15, -0.1) is 0 Å². The summed E-state index contributed by atoms with van der Waals surface area (Å²) in [5.41, 5.74) is 1.36. The van der Waals surface area contributed by atoms with E-state index in [2.05, 4.69) is 41.8 Å². The number of carbonyl (C=O) groups is 1. The molecule has 1 aromatic heterocycles. The van der Waals surface area contributed by atoms with E-state index in [4.69, 9.17) is 25.8 Å². The second kappa shape index (κ2) is 7.87. The third kappa shape index (κ3) is 4.51.